The maximum absolute atomic E-state index is 14.3. The summed E-state index contributed by atoms with van der Waals surface area (Å²) in [5.41, 5.74) is -2.71. The van der Waals surface area contributed by atoms with Crippen LogP contribution in [0, 0.1) is 17.1 Å². The summed E-state index contributed by atoms with van der Waals surface area (Å²) in [5, 5.41) is 8.83. The van der Waals surface area contributed by atoms with Crippen molar-refractivity contribution in [1.82, 2.24) is 4.98 Å². The van der Waals surface area contributed by atoms with Gasteiger partial charge in [0.05, 0.1) is 17.8 Å². The predicted molar refractivity (Wildman–Crippen MR) is 77.6 cm³/mol. The van der Waals surface area contributed by atoms with E-state index in [9.17, 15) is 26.3 Å². The summed E-state index contributed by atoms with van der Waals surface area (Å²) >= 11 is 0. The molecule has 1 heterocycles. The maximum Gasteiger partial charge on any atom is 0.433 e. The van der Waals surface area contributed by atoms with Crippen LogP contribution in [0.25, 0.3) is 0 Å². The second-order valence-electron chi connectivity index (χ2n) is 5.82. The number of fused-ring (bicyclic) bond motifs is 1. The zero-order chi connectivity index (χ0) is 19.2. The number of halogens is 6. The summed E-state index contributed by atoms with van der Waals surface area (Å²) in [6.45, 7) is 1.12. The normalized spacial score (nSPS) is 22.0. The molecule has 0 aliphatic heterocycles. The molecule has 0 radical (unpaired) electrons. The number of hydrogen-bond donors (Lipinski definition) is 0. The summed E-state index contributed by atoms with van der Waals surface area (Å²) in [5.74, 6) is -2.91. The molecule has 3 atom stereocenters. The van der Waals surface area contributed by atoms with E-state index in [-0.39, 0.29) is 11.3 Å². The van der Waals surface area contributed by atoms with E-state index in [4.69, 9.17) is 10.00 Å². The van der Waals surface area contributed by atoms with E-state index in [0.29, 0.717) is 6.20 Å². The Kier molecular flexibility index (Phi) is 4.30. The molecular formula is C17H10F6N2O. The van der Waals surface area contributed by atoms with Crippen molar-refractivity contribution in [3.63, 3.8) is 0 Å². The summed E-state index contributed by atoms with van der Waals surface area (Å²) < 4.78 is 86.6. The van der Waals surface area contributed by atoms with Crippen LogP contribution in [0.15, 0.2) is 24.4 Å². The number of ether oxygens (including phenoxy) is 1. The van der Waals surface area contributed by atoms with Gasteiger partial charge in [0.2, 0.25) is 0 Å². The van der Waals surface area contributed by atoms with Gasteiger partial charge in [-0.1, -0.05) is 6.92 Å². The maximum atomic E-state index is 14.3. The minimum Gasteiger partial charge on any atom is -0.455 e. The first kappa shape index (κ1) is 18.0. The molecule has 26 heavy (non-hydrogen) atoms. The van der Waals surface area contributed by atoms with E-state index in [2.05, 4.69) is 4.98 Å². The molecule has 0 unspecified atom stereocenters. The molecule has 0 bridgehead atoms. The Balaban J connectivity index is 2.14. The quantitative estimate of drug-likeness (QED) is 0.666. The number of rotatable bonds is 2. The van der Waals surface area contributed by atoms with Crippen molar-refractivity contribution in [3.05, 3.63) is 52.6 Å². The van der Waals surface area contributed by atoms with Crippen molar-refractivity contribution >= 4 is 0 Å². The van der Waals surface area contributed by atoms with Gasteiger partial charge < -0.3 is 4.74 Å². The fourth-order valence-corrected chi connectivity index (χ4v) is 2.96. The number of hydrogen-bond acceptors (Lipinski definition) is 3. The topological polar surface area (TPSA) is 45.9 Å². The highest BCUT2D eigenvalue weighted by Gasteiger charge is 2.48. The Hall–Kier alpha value is -2.76. The Bertz CT molecular complexity index is 905. The van der Waals surface area contributed by atoms with Crippen molar-refractivity contribution in [2.24, 2.45) is 0 Å². The molecule has 1 aromatic heterocycles. The van der Waals surface area contributed by atoms with E-state index in [0.717, 1.165) is 25.1 Å². The summed E-state index contributed by atoms with van der Waals surface area (Å²) in [6.07, 6.45) is -8.81. The lowest BCUT2D eigenvalue weighted by atomic mass is 10.0. The van der Waals surface area contributed by atoms with E-state index < -0.39 is 52.8 Å². The molecule has 0 amide bonds. The first-order valence-electron chi connectivity index (χ1n) is 7.40. The molecular weight excluding hydrogens is 362 g/mol. The third-order valence-corrected chi connectivity index (χ3v) is 4.11. The van der Waals surface area contributed by atoms with Crippen LogP contribution in [0.2, 0.25) is 0 Å². The number of pyridine rings is 1. The molecule has 3 rings (SSSR count). The van der Waals surface area contributed by atoms with Crippen LogP contribution in [0.1, 0.15) is 41.4 Å². The molecule has 0 spiro atoms. The lowest BCUT2D eigenvalue weighted by Crippen LogP contribution is -2.14. The molecule has 9 heteroatoms. The Morgan fingerprint density at radius 2 is 1.85 bits per heavy atom. The van der Waals surface area contributed by atoms with Crippen LogP contribution in [0.4, 0.5) is 26.3 Å². The smallest absolute Gasteiger partial charge is 0.433 e. The van der Waals surface area contributed by atoms with Gasteiger partial charge in [-0.15, -0.1) is 0 Å². The van der Waals surface area contributed by atoms with E-state index in [1.165, 1.54) is 0 Å². The van der Waals surface area contributed by atoms with Gasteiger partial charge in [-0.05, 0) is 17.7 Å². The van der Waals surface area contributed by atoms with Crippen molar-refractivity contribution in [3.8, 4) is 17.6 Å². The molecule has 0 saturated carbocycles. The summed E-state index contributed by atoms with van der Waals surface area (Å²) in [4.78, 5) is 3.26. The van der Waals surface area contributed by atoms with Crippen molar-refractivity contribution in [2.75, 3.05) is 0 Å². The second kappa shape index (κ2) is 6.20. The Morgan fingerprint density at radius 1 is 1.15 bits per heavy atom. The van der Waals surface area contributed by atoms with Gasteiger partial charge in [-0.2, -0.15) is 18.4 Å². The Morgan fingerprint density at radius 3 is 2.46 bits per heavy atom. The van der Waals surface area contributed by atoms with Gasteiger partial charge in [-0.25, -0.2) is 18.2 Å². The van der Waals surface area contributed by atoms with E-state index in [1.54, 1.807) is 6.07 Å². The zero-order valence-electron chi connectivity index (χ0n) is 13.1. The monoisotopic (exact) mass is 372 g/mol. The molecule has 1 aliphatic rings. The first-order valence-corrected chi connectivity index (χ1v) is 7.40. The van der Waals surface area contributed by atoms with Gasteiger partial charge in [0.25, 0.3) is 0 Å². The molecule has 1 aromatic carbocycles. The molecule has 0 fully saturated rings. The van der Waals surface area contributed by atoms with Crippen LogP contribution >= 0.6 is 0 Å². The SMILES string of the molecule is C[C@H]1c2c(C(F)(F)F)ncc(Oc3cc(F)cc(C#N)c3)c2[C@@H](F)[C@H]1F. The fraction of sp³-hybridized carbons (Fsp3) is 0.294. The highest BCUT2D eigenvalue weighted by molar-refractivity contribution is 5.52. The average molecular weight is 372 g/mol. The summed E-state index contributed by atoms with van der Waals surface area (Å²) in [6, 6.07) is 4.58. The lowest BCUT2D eigenvalue weighted by Gasteiger charge is -2.16. The first-order chi connectivity index (χ1) is 12.1. The lowest BCUT2D eigenvalue weighted by molar-refractivity contribution is -0.142. The van der Waals surface area contributed by atoms with Crippen LogP contribution in [0.3, 0.4) is 0 Å². The third kappa shape index (κ3) is 2.96. The standard InChI is InChI=1S/C17H10F6N2O/c1-7-12-13(15(20)14(7)19)11(6-25-16(12)17(21,22)23)26-10-3-8(5-24)2-9(18)4-10/h2-4,6-7,14-15H,1H3/t7-,14-,15+/m0/s1. The highest BCUT2D eigenvalue weighted by atomic mass is 19.4. The number of alkyl halides is 5. The molecule has 1 aliphatic carbocycles. The number of aromatic nitrogens is 1. The predicted octanol–water partition coefficient (Wildman–Crippen LogP) is 5.37. The second-order valence-corrected chi connectivity index (χ2v) is 5.82. The fourth-order valence-electron chi connectivity index (χ4n) is 2.96. The molecule has 2 aromatic rings. The largest absolute Gasteiger partial charge is 0.455 e. The van der Waals surface area contributed by atoms with Gasteiger partial charge >= 0.3 is 6.18 Å². The van der Waals surface area contributed by atoms with Crippen molar-refractivity contribution in [1.29, 1.82) is 5.26 Å². The van der Waals surface area contributed by atoms with Crippen LogP contribution < -0.4 is 4.74 Å². The highest BCUT2D eigenvalue weighted by Crippen LogP contribution is 2.52. The number of benzene rings is 1. The van der Waals surface area contributed by atoms with Crippen LogP contribution in [-0.4, -0.2) is 11.2 Å². The van der Waals surface area contributed by atoms with Crippen LogP contribution in [0.5, 0.6) is 11.5 Å². The number of nitriles is 1. The molecule has 0 saturated heterocycles. The Labute approximate surface area is 143 Å². The minimum absolute atomic E-state index is 0.106. The van der Waals surface area contributed by atoms with Crippen LogP contribution in [-0.2, 0) is 6.18 Å². The van der Waals surface area contributed by atoms with E-state index in [1.807, 2.05) is 0 Å². The summed E-state index contributed by atoms with van der Waals surface area (Å²) in [7, 11) is 0. The van der Waals surface area contributed by atoms with E-state index >= 15 is 0 Å². The molecule has 0 N–H and O–H groups in total. The third-order valence-electron chi connectivity index (χ3n) is 4.11. The van der Waals surface area contributed by atoms with Gasteiger partial charge in [0.15, 0.2) is 11.9 Å². The van der Waals surface area contributed by atoms with Gasteiger partial charge in [-0.3, -0.25) is 0 Å². The molecule has 3 nitrogen and oxygen atoms in total. The van der Waals surface area contributed by atoms with Gasteiger partial charge in [0, 0.05) is 17.5 Å². The minimum atomic E-state index is -4.90. The average Bonchev–Trinajstić information content (AvgIpc) is 2.79. The zero-order valence-corrected chi connectivity index (χ0v) is 13.1. The number of nitrogens with zero attached hydrogens (tertiary/aromatic N) is 2. The van der Waals surface area contributed by atoms with Crippen molar-refractivity contribution < 1.29 is 31.1 Å². The van der Waals surface area contributed by atoms with Gasteiger partial charge in [0.1, 0.15) is 23.4 Å². The molecule has 136 valence electrons. The van der Waals surface area contributed by atoms with Crippen molar-refractivity contribution in [2.45, 2.75) is 31.4 Å².